The van der Waals surface area contributed by atoms with Crippen LogP contribution in [0.5, 0.6) is 5.75 Å². The Kier molecular flexibility index (Phi) is 5.15. The minimum Gasteiger partial charge on any atom is -0.437 e. The van der Waals surface area contributed by atoms with Gasteiger partial charge in [-0.25, -0.2) is 9.78 Å². The van der Waals surface area contributed by atoms with Crippen molar-refractivity contribution in [1.82, 2.24) is 10.3 Å². The highest BCUT2D eigenvalue weighted by molar-refractivity contribution is 5.70. The van der Waals surface area contributed by atoms with Crippen molar-refractivity contribution in [3.63, 3.8) is 0 Å². The summed E-state index contributed by atoms with van der Waals surface area (Å²) in [7, 11) is 0. The Morgan fingerprint density at radius 1 is 1.22 bits per heavy atom. The molecule has 3 rings (SSSR count). The first kappa shape index (κ1) is 18.9. The highest BCUT2D eigenvalue weighted by Crippen LogP contribution is 2.30. The molecule has 1 aromatic carbocycles. The average Bonchev–Trinajstić information content (AvgIpc) is 2.95. The number of benzene rings is 1. The van der Waals surface area contributed by atoms with Gasteiger partial charge in [-0.15, -0.1) is 0 Å². The number of nitrogens with zero attached hydrogens (tertiary/aromatic N) is 1. The van der Waals surface area contributed by atoms with Crippen LogP contribution < -0.4 is 10.1 Å². The van der Waals surface area contributed by atoms with E-state index in [0.717, 1.165) is 18.2 Å². The summed E-state index contributed by atoms with van der Waals surface area (Å²) in [6, 6.07) is 8.48. The number of aromatic nitrogens is 1. The summed E-state index contributed by atoms with van der Waals surface area (Å²) in [5.41, 5.74) is 0.588. The molecule has 2 heterocycles. The molecule has 2 unspecified atom stereocenters. The molecular formula is C17H13F5N2O3. The molecule has 1 aliphatic rings. The van der Waals surface area contributed by atoms with Crippen LogP contribution in [0.2, 0.25) is 0 Å². The molecule has 27 heavy (non-hydrogen) atoms. The summed E-state index contributed by atoms with van der Waals surface area (Å²) in [5, 5.41) is 2.52. The largest absolute Gasteiger partial charge is 0.461 e. The fourth-order valence-corrected chi connectivity index (χ4v) is 2.66. The third-order valence-corrected chi connectivity index (χ3v) is 3.79. The van der Waals surface area contributed by atoms with Gasteiger partial charge in [0, 0.05) is 0 Å². The topological polar surface area (TPSA) is 60.5 Å². The van der Waals surface area contributed by atoms with Gasteiger partial charge in [-0.2, -0.15) is 22.0 Å². The molecule has 0 radical (unpaired) electrons. The van der Waals surface area contributed by atoms with Crippen LogP contribution in [0.1, 0.15) is 17.4 Å². The Labute approximate surface area is 150 Å². The Balaban J connectivity index is 1.77. The van der Waals surface area contributed by atoms with E-state index in [0.29, 0.717) is 5.56 Å². The summed E-state index contributed by atoms with van der Waals surface area (Å²) in [6.07, 6.45) is -10.2. The van der Waals surface area contributed by atoms with E-state index in [1.165, 1.54) is 24.3 Å². The van der Waals surface area contributed by atoms with Gasteiger partial charge >= 0.3 is 18.6 Å². The molecule has 0 saturated carbocycles. The molecule has 0 aliphatic carbocycles. The number of nitrogens with one attached hydrogen (secondary N) is 1. The van der Waals surface area contributed by atoms with Crippen molar-refractivity contribution in [3.05, 3.63) is 59.7 Å². The average molecular weight is 388 g/mol. The standard InChI is InChI=1S/C17H13F5N2O3/c18-13-6-2-5-11(23-13)14-12(24-16(25)26-14)8-9-3-1-4-10(7-9)27-17(21,22)15(19)20/h1-7,12,14-15H,8H2,(H,24,25). The number of cyclic esters (lactones) is 1. The van der Waals surface area contributed by atoms with Gasteiger partial charge in [0.1, 0.15) is 5.75 Å². The summed E-state index contributed by atoms with van der Waals surface area (Å²) >= 11 is 0. The lowest BCUT2D eigenvalue weighted by Gasteiger charge is -2.19. The summed E-state index contributed by atoms with van der Waals surface area (Å²) in [5.74, 6) is -1.21. The van der Waals surface area contributed by atoms with Crippen LogP contribution in [0.3, 0.4) is 0 Å². The number of pyridine rings is 1. The lowest BCUT2D eigenvalue weighted by molar-refractivity contribution is -0.253. The molecule has 10 heteroatoms. The normalized spacial score (nSPS) is 19.7. The zero-order valence-corrected chi connectivity index (χ0v) is 13.5. The molecule has 0 bridgehead atoms. The predicted molar refractivity (Wildman–Crippen MR) is 82.1 cm³/mol. The molecule has 1 N–H and O–H groups in total. The molecular weight excluding hydrogens is 375 g/mol. The van der Waals surface area contributed by atoms with Crippen molar-refractivity contribution in [2.75, 3.05) is 0 Å². The Morgan fingerprint density at radius 2 is 1.96 bits per heavy atom. The number of alkyl carbamates (subject to hydrolysis) is 1. The van der Waals surface area contributed by atoms with Crippen molar-refractivity contribution in [2.24, 2.45) is 0 Å². The lowest BCUT2D eigenvalue weighted by atomic mass is 9.99. The van der Waals surface area contributed by atoms with Gasteiger partial charge < -0.3 is 14.8 Å². The number of hydrogen-bond donors (Lipinski definition) is 1. The van der Waals surface area contributed by atoms with E-state index in [9.17, 15) is 26.7 Å². The quantitative estimate of drug-likeness (QED) is 0.603. The summed E-state index contributed by atoms with van der Waals surface area (Å²) < 4.78 is 73.1. The smallest absolute Gasteiger partial charge is 0.437 e. The molecule has 2 atom stereocenters. The maximum atomic E-state index is 13.3. The van der Waals surface area contributed by atoms with Crippen molar-refractivity contribution in [3.8, 4) is 5.75 Å². The lowest BCUT2D eigenvalue weighted by Crippen LogP contribution is -2.33. The van der Waals surface area contributed by atoms with Crippen LogP contribution in [0.15, 0.2) is 42.5 Å². The van der Waals surface area contributed by atoms with Crippen LogP contribution in [0.25, 0.3) is 0 Å². The van der Waals surface area contributed by atoms with Crippen LogP contribution in [0, 0.1) is 5.95 Å². The van der Waals surface area contributed by atoms with Crippen LogP contribution in [-0.4, -0.2) is 29.7 Å². The van der Waals surface area contributed by atoms with E-state index >= 15 is 0 Å². The van der Waals surface area contributed by atoms with Crippen molar-refractivity contribution in [2.45, 2.75) is 31.1 Å². The van der Waals surface area contributed by atoms with Crippen molar-refractivity contribution in [1.29, 1.82) is 0 Å². The maximum absolute atomic E-state index is 13.3. The van der Waals surface area contributed by atoms with E-state index in [4.69, 9.17) is 4.74 Å². The van der Waals surface area contributed by atoms with Crippen LogP contribution in [-0.2, 0) is 11.2 Å². The van der Waals surface area contributed by atoms with Gasteiger partial charge in [0.25, 0.3) is 0 Å². The molecule has 1 saturated heterocycles. The second kappa shape index (κ2) is 7.37. The molecule has 0 spiro atoms. The minimum atomic E-state index is -4.63. The van der Waals surface area contributed by atoms with E-state index in [1.54, 1.807) is 0 Å². The Morgan fingerprint density at radius 3 is 2.67 bits per heavy atom. The van der Waals surface area contributed by atoms with Gasteiger partial charge in [-0.3, -0.25) is 0 Å². The van der Waals surface area contributed by atoms with Gasteiger partial charge in [0.15, 0.2) is 6.10 Å². The molecule has 2 aromatic rings. The second-order valence-corrected chi connectivity index (χ2v) is 5.78. The van der Waals surface area contributed by atoms with Gasteiger partial charge in [0.05, 0.1) is 11.7 Å². The number of hydrogen-bond acceptors (Lipinski definition) is 4. The number of ether oxygens (including phenoxy) is 2. The Hall–Kier alpha value is -2.91. The van der Waals surface area contributed by atoms with E-state index < -0.39 is 42.5 Å². The SMILES string of the molecule is O=C1NC(Cc2cccc(OC(F)(F)C(F)F)c2)C(c2cccc(F)n2)O1. The molecule has 1 aliphatic heterocycles. The molecule has 1 fully saturated rings. The van der Waals surface area contributed by atoms with Crippen LogP contribution in [0.4, 0.5) is 26.7 Å². The van der Waals surface area contributed by atoms with Crippen molar-refractivity contribution < 1.29 is 36.2 Å². The predicted octanol–water partition coefficient (Wildman–Crippen LogP) is 3.85. The first-order valence-electron chi connectivity index (χ1n) is 7.78. The third-order valence-electron chi connectivity index (χ3n) is 3.79. The highest BCUT2D eigenvalue weighted by atomic mass is 19.3. The number of carbonyl (C=O) groups is 1. The van der Waals surface area contributed by atoms with Crippen molar-refractivity contribution >= 4 is 6.09 Å². The number of amides is 1. The van der Waals surface area contributed by atoms with Crippen LogP contribution >= 0.6 is 0 Å². The molecule has 5 nitrogen and oxygen atoms in total. The zero-order chi connectivity index (χ0) is 19.6. The number of carbonyl (C=O) groups excluding carboxylic acids is 1. The summed E-state index contributed by atoms with van der Waals surface area (Å²) in [6.45, 7) is 0. The fraction of sp³-hybridized carbons (Fsp3) is 0.294. The van der Waals surface area contributed by atoms with E-state index in [2.05, 4.69) is 15.0 Å². The Bertz CT molecular complexity index is 834. The van der Waals surface area contributed by atoms with Gasteiger partial charge in [-0.1, -0.05) is 18.2 Å². The minimum absolute atomic E-state index is 0.0893. The first-order valence-corrected chi connectivity index (χ1v) is 7.78. The number of alkyl halides is 4. The first-order chi connectivity index (χ1) is 12.7. The molecule has 144 valence electrons. The molecule has 1 amide bonds. The van der Waals surface area contributed by atoms with Gasteiger partial charge in [0.2, 0.25) is 5.95 Å². The maximum Gasteiger partial charge on any atom is 0.461 e. The van der Waals surface area contributed by atoms with Gasteiger partial charge in [-0.05, 0) is 36.2 Å². The molecule has 1 aromatic heterocycles. The zero-order valence-electron chi connectivity index (χ0n) is 13.5. The second-order valence-electron chi connectivity index (χ2n) is 5.78. The number of rotatable bonds is 6. The third kappa shape index (κ3) is 4.44. The monoisotopic (exact) mass is 388 g/mol. The van der Waals surface area contributed by atoms with E-state index in [1.807, 2.05) is 0 Å². The number of halogens is 5. The van der Waals surface area contributed by atoms with E-state index in [-0.39, 0.29) is 12.1 Å². The fourth-order valence-electron chi connectivity index (χ4n) is 2.66. The highest BCUT2D eigenvalue weighted by Gasteiger charge is 2.44. The summed E-state index contributed by atoms with van der Waals surface area (Å²) in [4.78, 5) is 15.3.